The lowest BCUT2D eigenvalue weighted by Gasteiger charge is -2.22. The van der Waals surface area contributed by atoms with E-state index in [1.165, 1.54) is 0 Å². The van der Waals surface area contributed by atoms with Gasteiger partial charge < -0.3 is 0 Å². The fraction of sp³-hybridized carbons (Fsp3) is 0.429. The van der Waals surface area contributed by atoms with Crippen LogP contribution in [0.4, 0.5) is 0 Å². The Morgan fingerprint density at radius 2 is 1.85 bits per heavy atom. The number of halogens is 3. The number of hydrogen-bond donors (Lipinski definition) is 0. The van der Waals surface area contributed by atoms with Crippen LogP contribution in [-0.4, -0.2) is 9.83 Å². The number of azide groups is 1. The third kappa shape index (κ3) is 2.82. The minimum Gasteiger partial charge on any atom is -0.0852 e. The predicted molar refractivity (Wildman–Crippen MR) is 55.0 cm³/mol. The molecule has 70 valence electrons. The summed E-state index contributed by atoms with van der Waals surface area (Å²) in [5.74, 6) is -0.136. The van der Waals surface area contributed by atoms with Crippen molar-refractivity contribution >= 4 is 34.8 Å². The molecular formula is C7H6Cl3N3. The van der Waals surface area contributed by atoms with Crippen LogP contribution in [0.2, 0.25) is 0 Å². The van der Waals surface area contributed by atoms with E-state index in [1.807, 2.05) is 24.3 Å². The number of nitrogens with zero attached hydrogens (tertiary/aromatic N) is 3. The highest BCUT2D eigenvalue weighted by atomic mass is 35.6. The minimum absolute atomic E-state index is 0.136. The average Bonchev–Trinajstić information content (AvgIpc) is 2.49. The molecule has 0 bridgehead atoms. The van der Waals surface area contributed by atoms with Crippen LogP contribution >= 0.6 is 34.8 Å². The van der Waals surface area contributed by atoms with Crippen LogP contribution in [0, 0.1) is 5.92 Å². The lowest BCUT2D eigenvalue weighted by atomic mass is 10.0. The molecule has 0 heterocycles. The molecular weight excluding hydrogens is 232 g/mol. The van der Waals surface area contributed by atoms with Crippen LogP contribution in [0.1, 0.15) is 0 Å². The van der Waals surface area contributed by atoms with Gasteiger partial charge in [0.25, 0.3) is 0 Å². The Hall–Kier alpha value is -0.340. The summed E-state index contributed by atoms with van der Waals surface area (Å²) in [4.78, 5) is 2.65. The van der Waals surface area contributed by atoms with Gasteiger partial charge in [-0.3, -0.25) is 0 Å². The minimum atomic E-state index is -1.57. The monoisotopic (exact) mass is 237 g/mol. The summed E-state index contributed by atoms with van der Waals surface area (Å²) in [5, 5.41) is 3.46. The van der Waals surface area contributed by atoms with Crippen molar-refractivity contribution in [1.82, 2.24) is 0 Å². The average molecular weight is 239 g/mol. The predicted octanol–water partition coefficient (Wildman–Crippen LogP) is 3.78. The number of allylic oxidation sites excluding steroid dienone is 2. The van der Waals surface area contributed by atoms with Crippen molar-refractivity contribution in [3.63, 3.8) is 0 Å². The van der Waals surface area contributed by atoms with E-state index in [2.05, 4.69) is 10.0 Å². The smallest absolute Gasteiger partial charge is 0.0852 e. The quantitative estimate of drug-likeness (QED) is 0.304. The number of alkyl halides is 3. The molecule has 0 aromatic heterocycles. The fourth-order valence-corrected chi connectivity index (χ4v) is 1.64. The molecule has 1 aliphatic rings. The Morgan fingerprint density at radius 3 is 2.23 bits per heavy atom. The standard InChI is InChI=1S/C7H6Cl3N3/c8-7(9,10)6(12-13-11)5-3-1-2-4-5/h1-6H/t6-/m0/s1. The Morgan fingerprint density at radius 1 is 1.31 bits per heavy atom. The summed E-state index contributed by atoms with van der Waals surface area (Å²) < 4.78 is -1.57. The summed E-state index contributed by atoms with van der Waals surface area (Å²) in [5.41, 5.74) is 8.29. The van der Waals surface area contributed by atoms with Gasteiger partial charge in [0.15, 0.2) is 3.79 Å². The summed E-state index contributed by atoms with van der Waals surface area (Å²) in [7, 11) is 0. The SMILES string of the molecule is [N-]=[N+]=N[C@@H](C1C=CC=C1)C(Cl)(Cl)Cl. The van der Waals surface area contributed by atoms with Gasteiger partial charge in [0.2, 0.25) is 0 Å². The normalized spacial score (nSPS) is 18.7. The molecule has 13 heavy (non-hydrogen) atoms. The van der Waals surface area contributed by atoms with Gasteiger partial charge >= 0.3 is 0 Å². The first-order chi connectivity index (χ1) is 6.05. The van der Waals surface area contributed by atoms with Crippen LogP contribution in [0.5, 0.6) is 0 Å². The Balaban J connectivity index is 2.85. The van der Waals surface area contributed by atoms with Crippen LogP contribution in [-0.2, 0) is 0 Å². The van der Waals surface area contributed by atoms with E-state index < -0.39 is 9.83 Å². The summed E-state index contributed by atoms with van der Waals surface area (Å²) in [6.45, 7) is 0. The van der Waals surface area contributed by atoms with Gasteiger partial charge in [0.05, 0.1) is 6.04 Å². The maximum absolute atomic E-state index is 8.29. The van der Waals surface area contributed by atoms with Crippen molar-refractivity contribution in [2.75, 3.05) is 0 Å². The molecule has 0 saturated heterocycles. The molecule has 0 spiro atoms. The molecule has 0 fully saturated rings. The number of rotatable bonds is 2. The highest BCUT2D eigenvalue weighted by Gasteiger charge is 2.36. The Bertz CT molecular complexity index is 274. The molecule has 0 aromatic rings. The molecule has 1 atom stereocenters. The molecule has 0 N–H and O–H groups in total. The third-order valence-electron chi connectivity index (χ3n) is 1.65. The van der Waals surface area contributed by atoms with Crippen molar-refractivity contribution in [2.45, 2.75) is 9.83 Å². The van der Waals surface area contributed by atoms with Crippen molar-refractivity contribution < 1.29 is 0 Å². The first-order valence-electron chi connectivity index (χ1n) is 3.51. The van der Waals surface area contributed by atoms with E-state index in [-0.39, 0.29) is 5.92 Å². The van der Waals surface area contributed by atoms with Crippen molar-refractivity contribution in [3.05, 3.63) is 34.7 Å². The van der Waals surface area contributed by atoms with Gasteiger partial charge in [0, 0.05) is 10.8 Å². The molecule has 0 radical (unpaired) electrons. The molecule has 3 nitrogen and oxygen atoms in total. The Kier molecular flexibility index (Phi) is 3.51. The maximum atomic E-state index is 8.29. The fourth-order valence-electron chi connectivity index (χ4n) is 1.08. The topological polar surface area (TPSA) is 48.8 Å². The Labute approximate surface area is 90.6 Å². The van der Waals surface area contributed by atoms with E-state index in [1.54, 1.807) is 0 Å². The first-order valence-corrected chi connectivity index (χ1v) is 4.65. The molecule has 6 heteroatoms. The summed E-state index contributed by atoms with van der Waals surface area (Å²) in [6, 6.07) is -0.697. The molecule has 0 aromatic carbocycles. The second kappa shape index (κ2) is 4.25. The van der Waals surface area contributed by atoms with E-state index in [0.29, 0.717) is 0 Å². The molecule has 1 rings (SSSR count). The van der Waals surface area contributed by atoms with Gasteiger partial charge in [0.1, 0.15) is 0 Å². The lowest BCUT2D eigenvalue weighted by molar-refractivity contribution is 0.595. The molecule has 0 unspecified atom stereocenters. The third-order valence-corrected chi connectivity index (χ3v) is 2.32. The van der Waals surface area contributed by atoms with Crippen LogP contribution in [0.25, 0.3) is 10.4 Å². The molecule has 0 aliphatic heterocycles. The van der Waals surface area contributed by atoms with Crippen LogP contribution in [0.3, 0.4) is 0 Å². The summed E-state index contributed by atoms with van der Waals surface area (Å²) >= 11 is 17.0. The van der Waals surface area contributed by atoms with Gasteiger partial charge in [-0.05, 0) is 5.53 Å². The van der Waals surface area contributed by atoms with Gasteiger partial charge in [-0.25, -0.2) is 0 Å². The van der Waals surface area contributed by atoms with Crippen LogP contribution < -0.4 is 0 Å². The largest absolute Gasteiger partial charge is 0.199 e. The zero-order chi connectivity index (χ0) is 9.90. The molecule has 0 amide bonds. The number of hydrogen-bond acceptors (Lipinski definition) is 1. The maximum Gasteiger partial charge on any atom is 0.199 e. The first kappa shape index (κ1) is 10.7. The van der Waals surface area contributed by atoms with Gasteiger partial charge in [-0.15, -0.1) is 0 Å². The second-order valence-electron chi connectivity index (χ2n) is 2.54. The van der Waals surface area contributed by atoms with Crippen molar-refractivity contribution in [3.8, 4) is 0 Å². The van der Waals surface area contributed by atoms with Crippen LogP contribution in [0.15, 0.2) is 29.4 Å². The lowest BCUT2D eigenvalue weighted by Crippen LogP contribution is -2.28. The van der Waals surface area contributed by atoms with E-state index in [0.717, 1.165) is 0 Å². The van der Waals surface area contributed by atoms with E-state index >= 15 is 0 Å². The van der Waals surface area contributed by atoms with Crippen molar-refractivity contribution in [2.24, 2.45) is 11.0 Å². The second-order valence-corrected chi connectivity index (χ2v) is 4.91. The molecule has 1 aliphatic carbocycles. The van der Waals surface area contributed by atoms with E-state index in [9.17, 15) is 0 Å². The van der Waals surface area contributed by atoms with Gasteiger partial charge in [-0.2, -0.15) is 0 Å². The van der Waals surface area contributed by atoms with E-state index in [4.69, 9.17) is 40.3 Å². The highest BCUT2D eigenvalue weighted by Crippen LogP contribution is 2.38. The molecule has 0 saturated carbocycles. The van der Waals surface area contributed by atoms with Gasteiger partial charge in [-0.1, -0.05) is 64.2 Å². The zero-order valence-corrected chi connectivity index (χ0v) is 8.71. The van der Waals surface area contributed by atoms with Crippen molar-refractivity contribution in [1.29, 1.82) is 0 Å². The summed E-state index contributed by atoms with van der Waals surface area (Å²) in [6.07, 6.45) is 7.28. The zero-order valence-electron chi connectivity index (χ0n) is 6.44. The highest BCUT2D eigenvalue weighted by molar-refractivity contribution is 6.68.